The molecule has 5 N–H and O–H groups in total. The van der Waals surface area contributed by atoms with Crippen LogP contribution in [0.2, 0.25) is 0 Å². The zero-order valence-corrected chi connectivity index (χ0v) is 9.03. The third-order valence-corrected chi connectivity index (χ3v) is 0. The molecule has 0 aliphatic carbocycles. The normalized spacial score (nSPS) is 10.6. The van der Waals surface area contributed by atoms with E-state index < -0.39 is 18.2 Å². The largest absolute Gasteiger partial charge is 0.466 e. The molecule has 0 aromatic heterocycles. The molecule has 1 radical (unpaired) electrons. The minimum Gasteiger partial charge on any atom is -0.303 e. The van der Waals surface area contributed by atoms with Crippen LogP contribution >= 0.6 is 7.82 Å². The number of hydrogen-bond acceptors (Lipinski definition) is 3. The Bertz CT molecular complexity index is 192. The molecule has 8 nitrogen and oxygen atoms in total. The molecule has 11 heteroatoms. The molecule has 0 aromatic rings. The summed E-state index contributed by atoms with van der Waals surface area (Å²) in [5.74, 6) is 0. The third-order valence-electron chi connectivity index (χ3n) is 0. The van der Waals surface area contributed by atoms with Crippen LogP contribution in [0.25, 0.3) is 0 Å². The summed E-state index contributed by atoms with van der Waals surface area (Å²) in [4.78, 5) is 21.6. The van der Waals surface area contributed by atoms with Crippen molar-refractivity contribution in [1.82, 2.24) is 0 Å². The van der Waals surface area contributed by atoms with Crippen LogP contribution in [0.3, 0.4) is 0 Å². The zero-order valence-electron chi connectivity index (χ0n) is 5.32. The second kappa shape index (κ2) is 6.49. The van der Waals surface area contributed by atoms with Gasteiger partial charge < -0.3 is 14.7 Å². The van der Waals surface area contributed by atoms with Crippen molar-refractivity contribution in [2.45, 2.75) is 0 Å². The number of hydrogen-bond donors (Lipinski definition) is 5. The Morgan fingerprint density at radius 2 is 1.00 bits per heavy atom. The van der Waals surface area contributed by atoms with Crippen LogP contribution in [-0.4, -0.2) is 61.8 Å². The van der Waals surface area contributed by atoms with E-state index in [0.717, 1.165) is 0 Å². The third kappa shape index (κ3) is 922. The average Bonchev–Trinajstić information content (AvgIpc) is 1.12. The fraction of sp³-hybridized carbons (Fsp3) is 0. The topological polar surface area (TPSA) is 152 Å². The SMILES string of the molecule is O=P(O)(O)O.O=S(=O)(O)O.[Na]. The maximum Gasteiger partial charge on any atom is 0.466 e. The standard InChI is InChI=1S/Na.H3O4P.H2O4S/c;2*1-5(2,3)4/h;(H3,1,2,3,4);(H2,1,2,3,4). The van der Waals surface area contributed by atoms with Gasteiger partial charge in [-0.05, 0) is 0 Å². The summed E-state index contributed by atoms with van der Waals surface area (Å²) in [6.07, 6.45) is 0. The molecule has 0 aliphatic rings. The Hall–Kier alpha value is 0.980. The van der Waals surface area contributed by atoms with Gasteiger partial charge in [0.25, 0.3) is 0 Å². The average molecular weight is 219 g/mol. The van der Waals surface area contributed by atoms with E-state index in [2.05, 4.69) is 0 Å². The first-order valence-corrected chi connectivity index (χ1v) is 4.44. The van der Waals surface area contributed by atoms with Gasteiger partial charge >= 0.3 is 18.2 Å². The van der Waals surface area contributed by atoms with E-state index >= 15 is 0 Å². The van der Waals surface area contributed by atoms with E-state index in [0.29, 0.717) is 0 Å². The summed E-state index contributed by atoms with van der Waals surface area (Å²) in [7, 11) is -9.31. The van der Waals surface area contributed by atoms with Gasteiger partial charge in [0.1, 0.15) is 0 Å². The first-order chi connectivity index (χ1) is 4.00. The van der Waals surface area contributed by atoms with E-state index in [-0.39, 0.29) is 29.6 Å². The molecule has 0 bridgehead atoms. The minimum atomic E-state index is -4.67. The molecular formula is H5NaO8PS. The summed E-state index contributed by atoms with van der Waals surface area (Å²) >= 11 is 0. The maximum absolute atomic E-state index is 8.88. The van der Waals surface area contributed by atoms with Crippen molar-refractivity contribution in [3.63, 3.8) is 0 Å². The molecule has 65 valence electrons. The van der Waals surface area contributed by atoms with E-state index in [4.69, 9.17) is 36.8 Å². The Labute approximate surface area is 84.4 Å². The first kappa shape index (κ1) is 17.9. The summed E-state index contributed by atoms with van der Waals surface area (Å²) in [6.45, 7) is 0. The van der Waals surface area contributed by atoms with Crippen LogP contribution in [0.1, 0.15) is 0 Å². The van der Waals surface area contributed by atoms with Gasteiger partial charge in [-0.25, -0.2) is 4.57 Å². The Morgan fingerprint density at radius 3 is 1.00 bits per heavy atom. The van der Waals surface area contributed by atoms with Gasteiger partial charge in [0.05, 0.1) is 0 Å². The van der Waals surface area contributed by atoms with Gasteiger partial charge in [0.15, 0.2) is 0 Å². The molecule has 0 rings (SSSR count). The Morgan fingerprint density at radius 1 is 1.00 bits per heavy atom. The van der Waals surface area contributed by atoms with Crippen LogP contribution in [-0.2, 0) is 15.0 Å². The van der Waals surface area contributed by atoms with Crippen LogP contribution in [0, 0.1) is 0 Å². The fourth-order valence-corrected chi connectivity index (χ4v) is 0. The minimum absolute atomic E-state index is 0. The van der Waals surface area contributed by atoms with Gasteiger partial charge in [-0.15, -0.1) is 0 Å². The molecule has 0 heterocycles. The van der Waals surface area contributed by atoms with Gasteiger partial charge in [0, 0.05) is 29.6 Å². The van der Waals surface area contributed by atoms with Gasteiger partial charge in [-0.1, -0.05) is 0 Å². The van der Waals surface area contributed by atoms with E-state index in [1.807, 2.05) is 0 Å². The van der Waals surface area contributed by atoms with Crippen LogP contribution < -0.4 is 0 Å². The van der Waals surface area contributed by atoms with Crippen molar-refractivity contribution in [2.24, 2.45) is 0 Å². The quantitative estimate of drug-likeness (QED) is 0.179. The van der Waals surface area contributed by atoms with Crippen molar-refractivity contribution in [3.05, 3.63) is 0 Å². The van der Waals surface area contributed by atoms with Gasteiger partial charge in [-0.2, -0.15) is 8.42 Å². The number of rotatable bonds is 0. The summed E-state index contributed by atoms with van der Waals surface area (Å²) in [5, 5.41) is 0. The second-order valence-electron chi connectivity index (χ2n) is 0.961. The molecule has 11 heavy (non-hydrogen) atoms. The predicted octanol–water partition coefficient (Wildman–Crippen LogP) is -1.96. The first-order valence-electron chi connectivity index (χ1n) is 1.48. The molecule has 0 atom stereocenters. The van der Waals surface area contributed by atoms with Crippen LogP contribution in [0.5, 0.6) is 0 Å². The smallest absolute Gasteiger partial charge is 0.303 e. The van der Waals surface area contributed by atoms with Crippen molar-refractivity contribution in [2.75, 3.05) is 0 Å². The fourth-order valence-electron chi connectivity index (χ4n) is 0. The molecule has 0 unspecified atom stereocenters. The number of phosphoric acid groups is 1. The molecule has 0 amide bonds. The van der Waals surface area contributed by atoms with Crippen molar-refractivity contribution >= 4 is 47.8 Å². The van der Waals surface area contributed by atoms with Crippen LogP contribution in [0.4, 0.5) is 0 Å². The van der Waals surface area contributed by atoms with Gasteiger partial charge in [-0.3, -0.25) is 9.11 Å². The summed E-state index contributed by atoms with van der Waals surface area (Å²) in [6, 6.07) is 0. The Kier molecular flexibility index (Phi) is 10.6. The van der Waals surface area contributed by atoms with Crippen LogP contribution in [0.15, 0.2) is 0 Å². The molecule has 0 fully saturated rings. The van der Waals surface area contributed by atoms with Crippen molar-refractivity contribution in [1.29, 1.82) is 0 Å². The molecule has 0 aliphatic heterocycles. The summed E-state index contributed by atoms with van der Waals surface area (Å²) in [5.41, 5.74) is 0. The maximum atomic E-state index is 8.88. The van der Waals surface area contributed by atoms with E-state index in [9.17, 15) is 0 Å². The molecular weight excluding hydrogens is 214 g/mol. The molecule has 0 aromatic carbocycles. The Balaban J connectivity index is -0.000000107. The second-order valence-corrected chi connectivity index (χ2v) is 2.88. The van der Waals surface area contributed by atoms with Crippen molar-refractivity contribution in [3.8, 4) is 0 Å². The monoisotopic (exact) mass is 219 g/mol. The van der Waals surface area contributed by atoms with E-state index in [1.165, 1.54) is 0 Å². The zero-order chi connectivity index (χ0) is 9.00. The molecule has 0 spiro atoms. The van der Waals surface area contributed by atoms with Crippen molar-refractivity contribution < 1.29 is 36.8 Å². The molecule has 0 saturated carbocycles. The summed E-state index contributed by atoms with van der Waals surface area (Å²) < 4.78 is 40.5. The van der Waals surface area contributed by atoms with E-state index in [1.54, 1.807) is 0 Å². The van der Waals surface area contributed by atoms with Gasteiger partial charge in [0.2, 0.25) is 0 Å². The predicted molar refractivity (Wildman–Crippen MR) is 34.2 cm³/mol. The molecule has 0 saturated heterocycles.